The summed E-state index contributed by atoms with van der Waals surface area (Å²) in [6.45, 7) is 6.73. The van der Waals surface area contributed by atoms with Crippen molar-refractivity contribution in [2.45, 2.75) is 52.9 Å². The molecule has 0 aliphatic heterocycles. The van der Waals surface area contributed by atoms with Crippen LogP contribution < -0.4 is 5.32 Å². The van der Waals surface area contributed by atoms with Gasteiger partial charge in [-0.05, 0) is 49.0 Å². The molecule has 2 aliphatic rings. The number of rotatable bonds is 3. The lowest BCUT2D eigenvalue weighted by Gasteiger charge is -2.33. The van der Waals surface area contributed by atoms with E-state index < -0.39 is 17.8 Å². The highest BCUT2D eigenvalue weighted by Crippen LogP contribution is 2.44. The lowest BCUT2D eigenvalue weighted by molar-refractivity contribution is -0.146. The number of hydrogen-bond acceptors (Lipinski definition) is 4. The molecule has 0 saturated carbocycles. The third-order valence-electron chi connectivity index (χ3n) is 5.92. The molecule has 0 saturated heterocycles. The van der Waals surface area contributed by atoms with E-state index in [-0.39, 0.29) is 11.3 Å². The van der Waals surface area contributed by atoms with Crippen LogP contribution in [0.3, 0.4) is 0 Å². The number of nitriles is 1. The van der Waals surface area contributed by atoms with E-state index in [1.54, 1.807) is 0 Å². The van der Waals surface area contributed by atoms with E-state index in [9.17, 15) is 20.0 Å². The standard InChI is InChI=1S/C21H26N2O3S/c1-21(2,3)12-8-9-13-16(11-22)19(27-17(13)10-12)23-18(24)14-6-4-5-7-15(14)20(25)26/h4-5,12,14-15H,6-10H2,1-3H3,(H,23,24)(H,25,26)/t12-,14-,15-/m1/s1. The molecule has 0 radical (unpaired) electrons. The van der Waals surface area contributed by atoms with Crippen LogP contribution in [-0.2, 0) is 22.4 Å². The molecule has 1 aromatic heterocycles. The molecule has 0 spiro atoms. The van der Waals surface area contributed by atoms with Crippen LogP contribution in [0.25, 0.3) is 0 Å². The van der Waals surface area contributed by atoms with Gasteiger partial charge in [0.05, 0.1) is 17.4 Å². The Morgan fingerprint density at radius 1 is 1.26 bits per heavy atom. The Labute approximate surface area is 164 Å². The Morgan fingerprint density at radius 2 is 1.93 bits per heavy atom. The molecule has 3 rings (SSSR count). The maximum Gasteiger partial charge on any atom is 0.307 e. The second-order valence-corrected chi connectivity index (χ2v) is 9.71. The predicted octanol–water partition coefficient (Wildman–Crippen LogP) is 4.38. The van der Waals surface area contributed by atoms with Crippen LogP contribution >= 0.6 is 11.3 Å². The number of amides is 1. The lowest BCUT2D eigenvalue weighted by Crippen LogP contribution is -2.34. The van der Waals surface area contributed by atoms with Crippen LogP contribution in [0.4, 0.5) is 5.00 Å². The molecular weight excluding hydrogens is 360 g/mol. The normalized spacial score (nSPS) is 24.7. The van der Waals surface area contributed by atoms with E-state index in [1.807, 2.05) is 12.2 Å². The smallest absolute Gasteiger partial charge is 0.307 e. The minimum absolute atomic E-state index is 0.209. The summed E-state index contributed by atoms with van der Waals surface area (Å²) in [5.41, 5.74) is 1.84. The van der Waals surface area contributed by atoms with Gasteiger partial charge in [0, 0.05) is 4.88 Å². The molecule has 2 N–H and O–H groups in total. The second kappa shape index (κ2) is 7.47. The van der Waals surface area contributed by atoms with Gasteiger partial charge in [-0.25, -0.2) is 0 Å². The monoisotopic (exact) mass is 386 g/mol. The Kier molecular flexibility index (Phi) is 5.43. The fraction of sp³-hybridized carbons (Fsp3) is 0.571. The molecule has 3 atom stereocenters. The first-order valence-corrected chi connectivity index (χ1v) is 10.3. The number of thiophene rings is 1. The molecule has 27 heavy (non-hydrogen) atoms. The SMILES string of the molecule is CC(C)(C)[C@@H]1CCc2c(sc(NC(=O)[C@@H]3CC=CC[C@H]3C(=O)O)c2C#N)C1. The number of carbonyl (C=O) groups excluding carboxylic acids is 1. The molecule has 0 aromatic carbocycles. The second-order valence-electron chi connectivity index (χ2n) is 8.61. The molecule has 0 unspecified atom stereocenters. The topological polar surface area (TPSA) is 90.2 Å². The van der Waals surface area contributed by atoms with Crippen LogP contribution in [0, 0.1) is 34.5 Å². The number of carbonyl (C=O) groups is 2. The van der Waals surface area contributed by atoms with Crippen molar-refractivity contribution >= 4 is 28.2 Å². The van der Waals surface area contributed by atoms with Gasteiger partial charge in [-0.1, -0.05) is 32.9 Å². The number of aliphatic carboxylic acids is 1. The Morgan fingerprint density at radius 3 is 2.52 bits per heavy atom. The highest BCUT2D eigenvalue weighted by Gasteiger charge is 2.36. The van der Waals surface area contributed by atoms with E-state index in [0.717, 1.165) is 24.8 Å². The van der Waals surface area contributed by atoms with Gasteiger partial charge in [-0.15, -0.1) is 11.3 Å². The summed E-state index contributed by atoms with van der Waals surface area (Å²) in [5.74, 6) is -1.99. The van der Waals surface area contributed by atoms with Crippen molar-refractivity contribution in [3.63, 3.8) is 0 Å². The number of anilines is 1. The highest BCUT2D eigenvalue weighted by molar-refractivity contribution is 7.16. The zero-order valence-electron chi connectivity index (χ0n) is 16.0. The van der Waals surface area contributed by atoms with Crippen LogP contribution in [0.15, 0.2) is 12.2 Å². The minimum Gasteiger partial charge on any atom is -0.481 e. The molecule has 1 aromatic rings. The highest BCUT2D eigenvalue weighted by atomic mass is 32.1. The molecule has 6 heteroatoms. The Balaban J connectivity index is 1.83. The van der Waals surface area contributed by atoms with Crippen molar-refractivity contribution in [2.75, 3.05) is 5.32 Å². The van der Waals surface area contributed by atoms with Crippen molar-refractivity contribution in [1.82, 2.24) is 0 Å². The van der Waals surface area contributed by atoms with Gasteiger partial charge in [0.1, 0.15) is 11.1 Å². The zero-order chi connectivity index (χ0) is 19.8. The summed E-state index contributed by atoms with van der Waals surface area (Å²) in [7, 11) is 0. The molecule has 144 valence electrons. The fourth-order valence-corrected chi connectivity index (χ4v) is 5.39. The number of allylic oxidation sites excluding steroid dienone is 2. The average molecular weight is 387 g/mol. The van der Waals surface area contributed by atoms with Crippen LogP contribution in [0.2, 0.25) is 0 Å². The number of nitrogens with zero attached hydrogens (tertiary/aromatic N) is 1. The number of fused-ring (bicyclic) bond motifs is 1. The van der Waals surface area contributed by atoms with Crippen molar-refractivity contribution in [1.29, 1.82) is 5.26 Å². The molecule has 5 nitrogen and oxygen atoms in total. The van der Waals surface area contributed by atoms with E-state index in [4.69, 9.17) is 0 Å². The van der Waals surface area contributed by atoms with Gasteiger partial charge in [-0.2, -0.15) is 5.26 Å². The van der Waals surface area contributed by atoms with Crippen molar-refractivity contribution in [3.05, 3.63) is 28.2 Å². The number of carboxylic acid groups (broad SMARTS) is 1. The molecule has 1 heterocycles. The first-order valence-electron chi connectivity index (χ1n) is 9.45. The summed E-state index contributed by atoms with van der Waals surface area (Å²) < 4.78 is 0. The summed E-state index contributed by atoms with van der Waals surface area (Å²) >= 11 is 1.49. The van der Waals surface area contributed by atoms with Gasteiger partial charge >= 0.3 is 5.97 Å². The predicted molar refractivity (Wildman–Crippen MR) is 106 cm³/mol. The van der Waals surface area contributed by atoms with Gasteiger partial charge in [0.15, 0.2) is 0 Å². The summed E-state index contributed by atoms with van der Waals surface area (Å²) in [6, 6.07) is 2.26. The number of nitrogens with one attached hydrogen (secondary N) is 1. The van der Waals surface area contributed by atoms with Crippen molar-refractivity contribution in [3.8, 4) is 6.07 Å². The minimum atomic E-state index is -0.946. The quantitative estimate of drug-likeness (QED) is 0.755. The van der Waals surface area contributed by atoms with Gasteiger partial charge in [0.25, 0.3) is 0 Å². The fourth-order valence-electron chi connectivity index (χ4n) is 4.11. The zero-order valence-corrected chi connectivity index (χ0v) is 16.9. The van der Waals surface area contributed by atoms with Crippen molar-refractivity contribution in [2.24, 2.45) is 23.2 Å². The summed E-state index contributed by atoms with van der Waals surface area (Å²) in [5, 5.41) is 22.5. The molecule has 0 bridgehead atoms. The van der Waals surface area contributed by atoms with Crippen LogP contribution in [0.5, 0.6) is 0 Å². The average Bonchev–Trinajstić information content (AvgIpc) is 2.96. The van der Waals surface area contributed by atoms with Crippen molar-refractivity contribution < 1.29 is 14.7 Å². The van der Waals surface area contributed by atoms with Gasteiger partial charge in [0.2, 0.25) is 5.91 Å². The first kappa shape index (κ1) is 19.6. The molecule has 2 aliphatic carbocycles. The molecular formula is C21H26N2O3S. The Hall–Kier alpha value is -2.13. The van der Waals surface area contributed by atoms with Crippen LogP contribution in [-0.4, -0.2) is 17.0 Å². The van der Waals surface area contributed by atoms with Gasteiger partial charge in [-0.3, -0.25) is 9.59 Å². The van der Waals surface area contributed by atoms with Crippen LogP contribution in [0.1, 0.15) is 56.0 Å². The maximum atomic E-state index is 12.8. The third kappa shape index (κ3) is 3.93. The number of carboxylic acids is 1. The van der Waals surface area contributed by atoms with E-state index in [2.05, 4.69) is 32.2 Å². The van der Waals surface area contributed by atoms with Gasteiger partial charge < -0.3 is 10.4 Å². The number of hydrogen-bond donors (Lipinski definition) is 2. The maximum absolute atomic E-state index is 12.8. The largest absolute Gasteiger partial charge is 0.481 e. The van der Waals surface area contributed by atoms with E-state index in [1.165, 1.54) is 16.2 Å². The first-order chi connectivity index (χ1) is 12.7. The third-order valence-corrected chi connectivity index (χ3v) is 7.09. The summed E-state index contributed by atoms with van der Waals surface area (Å²) in [4.78, 5) is 25.4. The van der Waals surface area contributed by atoms with E-state index >= 15 is 0 Å². The summed E-state index contributed by atoms with van der Waals surface area (Å²) in [6.07, 6.45) is 7.30. The Bertz CT molecular complexity index is 826. The molecule has 0 fully saturated rings. The molecule has 1 amide bonds. The lowest BCUT2D eigenvalue weighted by atomic mass is 9.72. The van der Waals surface area contributed by atoms with E-state index in [0.29, 0.717) is 29.3 Å².